The number of para-hydroxylation sites is 2. The number of aromatic amines is 1. The molecule has 1 saturated heterocycles. The highest BCUT2D eigenvalue weighted by Crippen LogP contribution is 2.42. The summed E-state index contributed by atoms with van der Waals surface area (Å²) in [6.45, 7) is 4.57. The summed E-state index contributed by atoms with van der Waals surface area (Å²) in [6, 6.07) is 21.3. The fourth-order valence-corrected chi connectivity index (χ4v) is 6.79. The number of carbonyl (C=O) groups is 2. The molecule has 0 radical (unpaired) electrons. The van der Waals surface area contributed by atoms with E-state index in [2.05, 4.69) is 31.0 Å². The Kier molecular flexibility index (Phi) is 6.27. The minimum Gasteiger partial charge on any atom is -0.493 e. The number of nitrogens with one attached hydrogen (secondary N) is 1. The predicted octanol–water partition coefficient (Wildman–Crippen LogP) is 5.18. The number of amides is 1. The standard InChI is InChI=1S/C34H32N4O5/c1-19(2)20-13-15-21(16-14-20)30-29-24(22-8-3-5-10-25(22)35-29)18-28-32(40)38(34(43)37(28)30)26-11-6-4-9-23(26)31(39)36-17-7-12-27(36)33(41)42/h3-6,8-11,13-16,19,27,30,35,40H,7,12,17-18H2,1-2H3,(H,41,42)/t27-,30?/m1/s1. The molecule has 0 spiro atoms. The Morgan fingerprint density at radius 1 is 0.977 bits per heavy atom. The molecule has 7 rings (SSSR count). The van der Waals surface area contributed by atoms with E-state index in [1.54, 1.807) is 28.8 Å². The van der Waals surface area contributed by atoms with Crippen LogP contribution in [0.15, 0.2) is 77.6 Å². The normalized spacial score (nSPS) is 17.8. The van der Waals surface area contributed by atoms with Crippen LogP contribution in [0.1, 0.15) is 77.1 Å². The maximum atomic E-state index is 14.4. The molecule has 0 bridgehead atoms. The zero-order valence-electron chi connectivity index (χ0n) is 23.9. The Bertz CT molecular complexity index is 1960. The Labute approximate surface area is 247 Å². The van der Waals surface area contributed by atoms with E-state index < -0.39 is 29.6 Å². The van der Waals surface area contributed by atoms with Gasteiger partial charge in [0.25, 0.3) is 5.91 Å². The molecule has 2 atom stereocenters. The van der Waals surface area contributed by atoms with E-state index in [4.69, 9.17) is 0 Å². The van der Waals surface area contributed by atoms with Crippen LogP contribution in [0.5, 0.6) is 5.88 Å². The third-order valence-electron chi connectivity index (χ3n) is 8.97. The Morgan fingerprint density at radius 2 is 1.70 bits per heavy atom. The van der Waals surface area contributed by atoms with Gasteiger partial charge in [0.15, 0.2) is 0 Å². The summed E-state index contributed by atoms with van der Waals surface area (Å²) in [5, 5.41) is 22.5. The average Bonchev–Trinajstić information content (AvgIpc) is 3.71. The van der Waals surface area contributed by atoms with Crippen molar-refractivity contribution in [2.24, 2.45) is 0 Å². The number of carboxylic acids is 1. The van der Waals surface area contributed by atoms with Crippen molar-refractivity contribution in [3.05, 3.63) is 117 Å². The largest absolute Gasteiger partial charge is 0.493 e. The number of rotatable bonds is 5. The summed E-state index contributed by atoms with van der Waals surface area (Å²) in [6.07, 6.45) is 1.27. The van der Waals surface area contributed by atoms with Crippen LogP contribution in [-0.4, -0.2) is 53.7 Å². The van der Waals surface area contributed by atoms with Crippen molar-refractivity contribution in [3.63, 3.8) is 0 Å². The van der Waals surface area contributed by atoms with E-state index >= 15 is 0 Å². The SMILES string of the molecule is CC(C)c1ccc(C2c3[nH]c4ccccc4c3Cc3c(O)n(-c4ccccc4C(=O)N4CCC[C@@H]4C(=O)O)c(=O)n32)cc1. The summed E-state index contributed by atoms with van der Waals surface area (Å²) >= 11 is 0. The molecule has 3 N–H and O–H groups in total. The number of H-pyrrole nitrogens is 1. The highest BCUT2D eigenvalue weighted by atomic mass is 16.4. The van der Waals surface area contributed by atoms with E-state index in [1.165, 1.54) is 15.0 Å². The van der Waals surface area contributed by atoms with Crippen molar-refractivity contribution in [1.29, 1.82) is 0 Å². The van der Waals surface area contributed by atoms with Crippen LogP contribution in [0.4, 0.5) is 0 Å². The molecule has 9 heteroatoms. The number of aliphatic carboxylic acids is 1. The lowest BCUT2D eigenvalue weighted by molar-refractivity contribution is -0.141. The average molecular weight is 577 g/mol. The fraction of sp³-hybridized carbons (Fsp3) is 0.265. The molecule has 2 aliphatic heterocycles. The van der Waals surface area contributed by atoms with Crippen LogP contribution in [0.3, 0.4) is 0 Å². The van der Waals surface area contributed by atoms with Crippen LogP contribution in [0.25, 0.3) is 16.6 Å². The molecule has 5 aromatic rings. The second-order valence-electron chi connectivity index (χ2n) is 11.7. The van der Waals surface area contributed by atoms with Gasteiger partial charge in [-0.15, -0.1) is 0 Å². The molecule has 0 saturated carbocycles. The quantitative estimate of drug-likeness (QED) is 0.261. The monoisotopic (exact) mass is 576 g/mol. The van der Waals surface area contributed by atoms with Gasteiger partial charge in [-0.1, -0.05) is 68.4 Å². The van der Waals surface area contributed by atoms with Crippen molar-refractivity contribution in [2.45, 2.75) is 51.1 Å². The predicted molar refractivity (Wildman–Crippen MR) is 162 cm³/mol. The van der Waals surface area contributed by atoms with Crippen LogP contribution in [-0.2, 0) is 11.2 Å². The van der Waals surface area contributed by atoms with Gasteiger partial charge in [-0.25, -0.2) is 14.2 Å². The van der Waals surface area contributed by atoms with Crippen molar-refractivity contribution in [3.8, 4) is 11.6 Å². The molecule has 1 fully saturated rings. The highest BCUT2D eigenvalue weighted by molar-refractivity contribution is 6.00. The number of hydrogen-bond acceptors (Lipinski definition) is 4. The molecule has 2 aliphatic rings. The van der Waals surface area contributed by atoms with Gasteiger partial charge in [-0.2, -0.15) is 0 Å². The van der Waals surface area contributed by atoms with Gasteiger partial charge >= 0.3 is 11.7 Å². The molecule has 218 valence electrons. The zero-order chi connectivity index (χ0) is 30.0. The number of fused-ring (bicyclic) bond motifs is 4. The lowest BCUT2D eigenvalue weighted by Gasteiger charge is -2.26. The Hall–Kier alpha value is -5.05. The molecular formula is C34H32N4O5. The zero-order valence-corrected chi connectivity index (χ0v) is 23.9. The Balaban J connectivity index is 1.42. The van der Waals surface area contributed by atoms with E-state index in [1.807, 2.05) is 36.4 Å². The molecule has 43 heavy (non-hydrogen) atoms. The van der Waals surface area contributed by atoms with Gasteiger partial charge in [0.2, 0.25) is 5.88 Å². The maximum absolute atomic E-state index is 14.4. The molecule has 9 nitrogen and oxygen atoms in total. The first-order valence-corrected chi connectivity index (χ1v) is 14.6. The van der Waals surface area contributed by atoms with Gasteiger partial charge in [-0.3, -0.25) is 9.36 Å². The van der Waals surface area contributed by atoms with E-state index in [9.17, 15) is 24.6 Å². The Morgan fingerprint density at radius 3 is 2.44 bits per heavy atom. The molecule has 4 heterocycles. The van der Waals surface area contributed by atoms with Crippen molar-refractivity contribution < 1.29 is 19.8 Å². The number of nitrogens with zero attached hydrogens (tertiary/aromatic N) is 3. The molecule has 3 aromatic carbocycles. The number of carbonyl (C=O) groups excluding carboxylic acids is 1. The summed E-state index contributed by atoms with van der Waals surface area (Å²) in [5.74, 6) is -1.42. The van der Waals surface area contributed by atoms with Crippen LogP contribution < -0.4 is 5.69 Å². The number of imidazole rings is 1. The van der Waals surface area contributed by atoms with Gasteiger partial charge in [0, 0.05) is 29.6 Å². The van der Waals surface area contributed by atoms with Crippen LogP contribution in [0, 0.1) is 0 Å². The molecule has 0 aliphatic carbocycles. The summed E-state index contributed by atoms with van der Waals surface area (Å²) in [7, 11) is 0. The van der Waals surface area contributed by atoms with E-state index in [0.717, 1.165) is 27.7 Å². The lowest BCUT2D eigenvalue weighted by atomic mass is 9.91. The third kappa shape index (κ3) is 4.10. The van der Waals surface area contributed by atoms with E-state index in [0.29, 0.717) is 37.4 Å². The van der Waals surface area contributed by atoms with Crippen molar-refractivity contribution >= 4 is 22.8 Å². The van der Waals surface area contributed by atoms with Crippen molar-refractivity contribution in [2.75, 3.05) is 6.54 Å². The summed E-state index contributed by atoms with van der Waals surface area (Å²) in [5.41, 5.74) is 5.27. The molecule has 1 amide bonds. The topological polar surface area (TPSA) is 121 Å². The first kappa shape index (κ1) is 26.8. The number of hydrogen-bond donors (Lipinski definition) is 3. The molecule has 2 aromatic heterocycles. The number of benzene rings is 3. The molecular weight excluding hydrogens is 544 g/mol. The summed E-state index contributed by atoms with van der Waals surface area (Å²) in [4.78, 5) is 44.9. The minimum atomic E-state index is -1.05. The van der Waals surface area contributed by atoms with Crippen LogP contribution >= 0.6 is 0 Å². The summed E-state index contributed by atoms with van der Waals surface area (Å²) < 4.78 is 2.81. The fourth-order valence-electron chi connectivity index (χ4n) is 6.79. The first-order chi connectivity index (χ1) is 20.8. The maximum Gasteiger partial charge on any atom is 0.336 e. The second kappa shape index (κ2) is 10.0. The van der Waals surface area contributed by atoms with Gasteiger partial charge in [-0.05, 0) is 53.6 Å². The number of aromatic hydroxyl groups is 1. The first-order valence-electron chi connectivity index (χ1n) is 14.6. The highest BCUT2D eigenvalue weighted by Gasteiger charge is 2.38. The van der Waals surface area contributed by atoms with Crippen LogP contribution in [0.2, 0.25) is 0 Å². The smallest absolute Gasteiger partial charge is 0.336 e. The minimum absolute atomic E-state index is 0.165. The number of carboxylic acid groups (broad SMARTS) is 1. The third-order valence-corrected chi connectivity index (χ3v) is 8.97. The van der Waals surface area contributed by atoms with E-state index in [-0.39, 0.29) is 17.1 Å². The lowest BCUT2D eigenvalue weighted by Crippen LogP contribution is -2.41. The van der Waals surface area contributed by atoms with Gasteiger partial charge in [0.1, 0.15) is 12.1 Å². The second-order valence-corrected chi connectivity index (χ2v) is 11.7. The number of likely N-dealkylation sites (tertiary alicyclic amines) is 1. The molecule has 1 unspecified atom stereocenters. The number of aromatic nitrogens is 3. The van der Waals surface area contributed by atoms with Gasteiger partial charge < -0.3 is 20.1 Å². The van der Waals surface area contributed by atoms with Gasteiger partial charge in [0.05, 0.1) is 16.9 Å². The van der Waals surface area contributed by atoms with Crippen molar-refractivity contribution in [1.82, 2.24) is 19.0 Å².